The third kappa shape index (κ3) is 5.14. The van der Waals surface area contributed by atoms with Gasteiger partial charge in [0.1, 0.15) is 0 Å². The molecular formula is C23H30N2O5. The number of nitrogens with one attached hydrogen (secondary N) is 1. The molecule has 1 N–H and O–H groups in total. The number of furan rings is 1. The zero-order valence-electron chi connectivity index (χ0n) is 18.0. The molecule has 2 heterocycles. The van der Waals surface area contributed by atoms with E-state index in [-0.39, 0.29) is 29.9 Å². The first-order valence-corrected chi connectivity index (χ1v) is 10.4. The molecule has 1 atom stereocenters. The average molecular weight is 415 g/mol. The van der Waals surface area contributed by atoms with Gasteiger partial charge >= 0.3 is 0 Å². The van der Waals surface area contributed by atoms with Crippen LogP contribution in [0.4, 0.5) is 0 Å². The SMILES string of the molecule is COc1cc(C(C)NC(=O)C2CCN(C(=O)c3ccco3)CC2)ccc1OC(C)C. The summed E-state index contributed by atoms with van der Waals surface area (Å²) in [7, 11) is 1.60. The molecule has 1 aliphatic rings. The number of benzene rings is 1. The number of hydrogen-bond acceptors (Lipinski definition) is 5. The van der Waals surface area contributed by atoms with Gasteiger partial charge in [-0.3, -0.25) is 9.59 Å². The molecule has 7 nitrogen and oxygen atoms in total. The van der Waals surface area contributed by atoms with E-state index in [1.807, 2.05) is 39.0 Å². The maximum Gasteiger partial charge on any atom is 0.289 e. The highest BCUT2D eigenvalue weighted by atomic mass is 16.5. The van der Waals surface area contributed by atoms with Crippen LogP contribution in [0.1, 0.15) is 55.8 Å². The van der Waals surface area contributed by atoms with Crippen LogP contribution < -0.4 is 14.8 Å². The lowest BCUT2D eigenvalue weighted by Crippen LogP contribution is -2.43. The molecule has 0 spiro atoms. The molecule has 1 aromatic heterocycles. The van der Waals surface area contributed by atoms with Crippen molar-refractivity contribution >= 4 is 11.8 Å². The van der Waals surface area contributed by atoms with Gasteiger partial charge in [0, 0.05) is 19.0 Å². The lowest BCUT2D eigenvalue weighted by Gasteiger charge is -2.31. The van der Waals surface area contributed by atoms with E-state index in [2.05, 4.69) is 5.32 Å². The number of likely N-dealkylation sites (tertiary alicyclic amines) is 1. The summed E-state index contributed by atoms with van der Waals surface area (Å²) in [6, 6.07) is 8.90. The van der Waals surface area contributed by atoms with Crippen LogP contribution in [0.3, 0.4) is 0 Å². The Labute approximate surface area is 177 Å². The van der Waals surface area contributed by atoms with E-state index in [1.165, 1.54) is 6.26 Å². The Morgan fingerprint density at radius 2 is 1.87 bits per heavy atom. The second-order valence-electron chi connectivity index (χ2n) is 7.85. The minimum absolute atomic E-state index is 0.00840. The minimum Gasteiger partial charge on any atom is -0.493 e. The van der Waals surface area contributed by atoms with Crippen LogP contribution in [0.2, 0.25) is 0 Å². The molecule has 1 saturated heterocycles. The third-order valence-corrected chi connectivity index (χ3v) is 5.29. The van der Waals surface area contributed by atoms with Gasteiger partial charge in [-0.05, 0) is 63.4 Å². The highest BCUT2D eigenvalue weighted by Crippen LogP contribution is 2.31. The summed E-state index contributed by atoms with van der Waals surface area (Å²) in [5, 5.41) is 3.09. The standard InChI is InChI=1S/C23H30N2O5/c1-15(2)30-19-8-7-18(14-21(19)28-4)16(3)24-22(26)17-9-11-25(12-10-17)23(27)20-6-5-13-29-20/h5-8,13-17H,9-12H2,1-4H3,(H,24,26). The monoisotopic (exact) mass is 414 g/mol. The van der Waals surface area contributed by atoms with Crippen LogP contribution in [0.5, 0.6) is 11.5 Å². The Bertz CT molecular complexity index is 854. The predicted molar refractivity (Wildman–Crippen MR) is 113 cm³/mol. The van der Waals surface area contributed by atoms with Gasteiger partial charge in [0.05, 0.1) is 25.5 Å². The van der Waals surface area contributed by atoms with Crippen molar-refractivity contribution in [2.45, 2.75) is 45.8 Å². The lowest BCUT2D eigenvalue weighted by atomic mass is 9.95. The fourth-order valence-electron chi connectivity index (χ4n) is 3.62. The first-order chi connectivity index (χ1) is 14.4. The third-order valence-electron chi connectivity index (χ3n) is 5.29. The number of nitrogens with zero attached hydrogens (tertiary/aromatic N) is 1. The van der Waals surface area contributed by atoms with Crippen LogP contribution >= 0.6 is 0 Å². The molecular weight excluding hydrogens is 384 g/mol. The van der Waals surface area contributed by atoms with E-state index in [4.69, 9.17) is 13.9 Å². The molecule has 30 heavy (non-hydrogen) atoms. The van der Waals surface area contributed by atoms with Crippen LogP contribution in [0.15, 0.2) is 41.0 Å². The quantitative estimate of drug-likeness (QED) is 0.745. The second-order valence-corrected chi connectivity index (χ2v) is 7.85. The predicted octanol–water partition coefficient (Wildman–Crippen LogP) is 3.81. The van der Waals surface area contributed by atoms with Gasteiger partial charge in [-0.15, -0.1) is 0 Å². The largest absolute Gasteiger partial charge is 0.493 e. The highest BCUT2D eigenvalue weighted by Gasteiger charge is 2.29. The van der Waals surface area contributed by atoms with Gasteiger partial charge in [-0.25, -0.2) is 0 Å². The van der Waals surface area contributed by atoms with Gasteiger partial charge in [-0.1, -0.05) is 6.07 Å². The Balaban J connectivity index is 1.55. The number of rotatable bonds is 7. The van der Waals surface area contributed by atoms with Gasteiger partial charge in [0.15, 0.2) is 17.3 Å². The summed E-state index contributed by atoms with van der Waals surface area (Å²) in [6.07, 6.45) is 2.81. The Morgan fingerprint density at radius 3 is 2.47 bits per heavy atom. The molecule has 3 rings (SSSR count). The van der Waals surface area contributed by atoms with Crippen LogP contribution in [-0.4, -0.2) is 43.0 Å². The van der Waals surface area contributed by atoms with Crippen molar-refractivity contribution in [1.29, 1.82) is 0 Å². The summed E-state index contributed by atoms with van der Waals surface area (Å²) in [6.45, 7) is 6.96. The first kappa shape index (κ1) is 21.7. The van der Waals surface area contributed by atoms with Crippen LogP contribution in [0.25, 0.3) is 0 Å². The minimum atomic E-state index is -0.165. The molecule has 162 valence electrons. The van der Waals surface area contributed by atoms with Crippen molar-refractivity contribution in [1.82, 2.24) is 10.2 Å². The number of carbonyl (C=O) groups is 2. The van der Waals surface area contributed by atoms with E-state index < -0.39 is 0 Å². The van der Waals surface area contributed by atoms with Crippen LogP contribution in [-0.2, 0) is 4.79 Å². The Morgan fingerprint density at radius 1 is 1.13 bits per heavy atom. The second kappa shape index (κ2) is 9.69. The number of methoxy groups -OCH3 is 1. The van der Waals surface area contributed by atoms with E-state index >= 15 is 0 Å². The summed E-state index contributed by atoms with van der Waals surface area (Å²) in [5.74, 6) is 1.44. The number of ether oxygens (including phenoxy) is 2. The lowest BCUT2D eigenvalue weighted by molar-refractivity contribution is -0.127. The van der Waals surface area contributed by atoms with Crippen molar-refractivity contribution in [3.63, 3.8) is 0 Å². The van der Waals surface area contributed by atoms with Gasteiger partial charge in [0.2, 0.25) is 5.91 Å². The molecule has 1 aromatic carbocycles. The van der Waals surface area contributed by atoms with E-state index in [0.29, 0.717) is 43.2 Å². The van der Waals surface area contributed by atoms with E-state index in [9.17, 15) is 9.59 Å². The molecule has 0 saturated carbocycles. The summed E-state index contributed by atoms with van der Waals surface area (Å²) >= 11 is 0. The first-order valence-electron chi connectivity index (χ1n) is 10.4. The van der Waals surface area contributed by atoms with E-state index in [1.54, 1.807) is 24.1 Å². The topological polar surface area (TPSA) is 81.0 Å². The fourth-order valence-corrected chi connectivity index (χ4v) is 3.62. The smallest absolute Gasteiger partial charge is 0.289 e. The Hall–Kier alpha value is -2.96. The normalized spacial score (nSPS) is 15.7. The van der Waals surface area contributed by atoms with Crippen molar-refractivity contribution in [3.05, 3.63) is 47.9 Å². The van der Waals surface area contributed by atoms with E-state index in [0.717, 1.165) is 5.56 Å². The molecule has 2 amide bonds. The highest BCUT2D eigenvalue weighted by molar-refractivity contribution is 5.91. The summed E-state index contributed by atoms with van der Waals surface area (Å²) in [5.41, 5.74) is 0.946. The zero-order valence-corrected chi connectivity index (χ0v) is 18.0. The molecule has 2 aromatic rings. The average Bonchev–Trinajstić information content (AvgIpc) is 3.28. The molecule has 1 aliphatic heterocycles. The molecule has 1 fully saturated rings. The molecule has 0 aliphatic carbocycles. The number of hydrogen-bond donors (Lipinski definition) is 1. The molecule has 7 heteroatoms. The van der Waals surface area contributed by atoms with Crippen LogP contribution in [0, 0.1) is 5.92 Å². The number of carbonyl (C=O) groups excluding carboxylic acids is 2. The van der Waals surface area contributed by atoms with Crippen molar-refractivity contribution < 1.29 is 23.5 Å². The fraction of sp³-hybridized carbons (Fsp3) is 0.478. The van der Waals surface area contributed by atoms with Crippen molar-refractivity contribution in [2.24, 2.45) is 5.92 Å². The maximum atomic E-state index is 12.8. The summed E-state index contributed by atoms with van der Waals surface area (Å²) < 4.78 is 16.4. The van der Waals surface area contributed by atoms with Gasteiger partial charge < -0.3 is 24.1 Å². The maximum absolute atomic E-state index is 12.8. The number of amides is 2. The number of piperidine rings is 1. The zero-order chi connectivity index (χ0) is 21.7. The Kier molecular flexibility index (Phi) is 7.03. The summed E-state index contributed by atoms with van der Waals surface area (Å²) in [4.78, 5) is 26.9. The van der Waals surface area contributed by atoms with Crippen molar-refractivity contribution in [2.75, 3.05) is 20.2 Å². The molecule has 0 bridgehead atoms. The molecule has 1 unspecified atom stereocenters. The van der Waals surface area contributed by atoms with Gasteiger partial charge in [-0.2, -0.15) is 0 Å². The van der Waals surface area contributed by atoms with Gasteiger partial charge in [0.25, 0.3) is 5.91 Å². The van der Waals surface area contributed by atoms with Crippen molar-refractivity contribution in [3.8, 4) is 11.5 Å². The molecule has 0 radical (unpaired) electrons.